The molecule has 1 fully saturated rings. The predicted octanol–water partition coefficient (Wildman–Crippen LogP) is 5.11. The number of methoxy groups -OCH3 is 2. The van der Waals surface area contributed by atoms with E-state index in [-0.39, 0.29) is 0 Å². The van der Waals surface area contributed by atoms with Crippen molar-refractivity contribution in [3.63, 3.8) is 0 Å². The minimum Gasteiger partial charge on any atom is -0.496 e. The standard InChI is InChI=1S/C22H30N2O2/c1-25-21-11-9-17(23)15-19(21)20-16-18(10-12-22(20)26-2)24-13-7-5-3-4-6-8-14-24/h9-12,15-16H,3-8,13-14,23H2,1-2H3. The molecule has 4 nitrogen and oxygen atoms in total. The fourth-order valence-corrected chi connectivity index (χ4v) is 3.72. The van der Waals surface area contributed by atoms with Crippen molar-refractivity contribution >= 4 is 11.4 Å². The summed E-state index contributed by atoms with van der Waals surface area (Å²) in [6.45, 7) is 2.22. The first-order valence-corrected chi connectivity index (χ1v) is 9.60. The molecule has 0 spiro atoms. The molecular formula is C22H30N2O2. The highest BCUT2D eigenvalue weighted by Gasteiger charge is 2.16. The lowest BCUT2D eigenvalue weighted by Crippen LogP contribution is -2.25. The highest BCUT2D eigenvalue weighted by atomic mass is 16.5. The van der Waals surface area contributed by atoms with Crippen LogP contribution in [0.15, 0.2) is 36.4 Å². The van der Waals surface area contributed by atoms with Crippen LogP contribution in [-0.2, 0) is 0 Å². The van der Waals surface area contributed by atoms with Crippen LogP contribution in [0.4, 0.5) is 11.4 Å². The summed E-state index contributed by atoms with van der Waals surface area (Å²) in [7, 11) is 3.39. The highest BCUT2D eigenvalue weighted by molar-refractivity contribution is 5.81. The van der Waals surface area contributed by atoms with Gasteiger partial charge in [0.2, 0.25) is 0 Å². The second-order valence-electron chi connectivity index (χ2n) is 6.95. The van der Waals surface area contributed by atoms with Crippen LogP contribution in [0.5, 0.6) is 11.5 Å². The van der Waals surface area contributed by atoms with Gasteiger partial charge in [-0.05, 0) is 49.2 Å². The van der Waals surface area contributed by atoms with E-state index in [9.17, 15) is 0 Å². The van der Waals surface area contributed by atoms with E-state index in [0.717, 1.165) is 41.4 Å². The van der Waals surface area contributed by atoms with Gasteiger partial charge in [-0.2, -0.15) is 0 Å². The van der Waals surface area contributed by atoms with Gasteiger partial charge in [-0.1, -0.05) is 25.7 Å². The van der Waals surface area contributed by atoms with Crippen molar-refractivity contribution < 1.29 is 9.47 Å². The van der Waals surface area contributed by atoms with Crippen LogP contribution in [0.1, 0.15) is 38.5 Å². The third kappa shape index (κ3) is 4.24. The predicted molar refractivity (Wildman–Crippen MR) is 109 cm³/mol. The molecule has 2 aromatic carbocycles. The van der Waals surface area contributed by atoms with Crippen molar-refractivity contribution in [2.24, 2.45) is 0 Å². The van der Waals surface area contributed by atoms with Gasteiger partial charge in [0.15, 0.2) is 0 Å². The summed E-state index contributed by atoms with van der Waals surface area (Å²) in [4.78, 5) is 2.51. The van der Waals surface area contributed by atoms with Gasteiger partial charge in [0.1, 0.15) is 11.5 Å². The van der Waals surface area contributed by atoms with Crippen molar-refractivity contribution in [1.82, 2.24) is 0 Å². The van der Waals surface area contributed by atoms with E-state index in [2.05, 4.69) is 23.1 Å². The third-order valence-corrected chi connectivity index (χ3v) is 5.17. The van der Waals surface area contributed by atoms with Crippen LogP contribution in [0, 0.1) is 0 Å². The smallest absolute Gasteiger partial charge is 0.126 e. The molecule has 0 unspecified atom stereocenters. The SMILES string of the molecule is COc1ccc(N)cc1-c1cc(N2CCCCCCCC2)ccc1OC. The summed E-state index contributed by atoms with van der Waals surface area (Å²) < 4.78 is 11.2. The Morgan fingerprint density at radius 3 is 1.88 bits per heavy atom. The maximum absolute atomic E-state index is 6.04. The molecule has 0 aromatic heterocycles. The summed E-state index contributed by atoms with van der Waals surface area (Å²) in [6.07, 6.45) is 7.88. The maximum Gasteiger partial charge on any atom is 0.126 e. The Morgan fingerprint density at radius 2 is 1.27 bits per heavy atom. The number of anilines is 2. The Hall–Kier alpha value is -2.36. The summed E-state index contributed by atoms with van der Waals surface area (Å²) in [5, 5.41) is 0. The fourth-order valence-electron chi connectivity index (χ4n) is 3.72. The van der Waals surface area contributed by atoms with Gasteiger partial charge < -0.3 is 20.1 Å². The molecule has 0 radical (unpaired) electrons. The van der Waals surface area contributed by atoms with E-state index < -0.39 is 0 Å². The van der Waals surface area contributed by atoms with Gasteiger partial charge in [-0.25, -0.2) is 0 Å². The number of benzene rings is 2. The van der Waals surface area contributed by atoms with E-state index >= 15 is 0 Å². The molecule has 4 heteroatoms. The Balaban J connectivity index is 2.00. The summed E-state index contributed by atoms with van der Waals surface area (Å²) in [5.74, 6) is 1.64. The second kappa shape index (κ2) is 8.84. The molecule has 2 N–H and O–H groups in total. The summed E-state index contributed by atoms with van der Waals surface area (Å²) in [6, 6.07) is 12.2. The Morgan fingerprint density at radius 1 is 0.731 bits per heavy atom. The molecule has 0 aliphatic carbocycles. The lowest BCUT2D eigenvalue weighted by Gasteiger charge is -2.25. The van der Waals surface area contributed by atoms with Gasteiger partial charge in [-0.15, -0.1) is 0 Å². The molecule has 0 saturated carbocycles. The molecule has 1 aliphatic heterocycles. The fraction of sp³-hybridized carbons (Fsp3) is 0.455. The maximum atomic E-state index is 6.04. The van der Waals surface area contributed by atoms with Gasteiger partial charge in [0, 0.05) is 35.6 Å². The first-order valence-electron chi connectivity index (χ1n) is 9.60. The van der Waals surface area contributed by atoms with E-state index in [1.54, 1.807) is 14.2 Å². The quantitative estimate of drug-likeness (QED) is 0.775. The number of nitrogen functional groups attached to an aromatic ring is 1. The molecular weight excluding hydrogens is 324 g/mol. The van der Waals surface area contributed by atoms with E-state index in [0.29, 0.717) is 0 Å². The van der Waals surface area contributed by atoms with Crippen molar-refractivity contribution in [2.75, 3.05) is 37.9 Å². The van der Waals surface area contributed by atoms with Crippen LogP contribution in [0.2, 0.25) is 0 Å². The zero-order valence-corrected chi connectivity index (χ0v) is 16.0. The molecule has 2 aromatic rings. The number of rotatable bonds is 4. The molecule has 0 bridgehead atoms. The average molecular weight is 354 g/mol. The van der Waals surface area contributed by atoms with Crippen molar-refractivity contribution in [2.45, 2.75) is 38.5 Å². The van der Waals surface area contributed by atoms with Crippen LogP contribution in [0.25, 0.3) is 11.1 Å². The van der Waals surface area contributed by atoms with Gasteiger partial charge in [-0.3, -0.25) is 0 Å². The largest absolute Gasteiger partial charge is 0.496 e. The van der Waals surface area contributed by atoms with Gasteiger partial charge in [0.05, 0.1) is 14.2 Å². The van der Waals surface area contributed by atoms with Crippen LogP contribution >= 0.6 is 0 Å². The minimum atomic E-state index is 0.719. The molecule has 3 rings (SSSR count). The van der Waals surface area contributed by atoms with Crippen molar-refractivity contribution in [3.05, 3.63) is 36.4 Å². The normalized spacial score (nSPS) is 15.7. The molecule has 0 amide bonds. The molecule has 26 heavy (non-hydrogen) atoms. The molecule has 1 aliphatic rings. The zero-order chi connectivity index (χ0) is 18.4. The van der Waals surface area contributed by atoms with Crippen LogP contribution in [-0.4, -0.2) is 27.3 Å². The topological polar surface area (TPSA) is 47.7 Å². The first kappa shape index (κ1) is 18.4. The number of ether oxygens (including phenoxy) is 2. The number of nitrogens with zero attached hydrogens (tertiary/aromatic N) is 1. The highest BCUT2D eigenvalue weighted by Crippen LogP contribution is 2.40. The lowest BCUT2D eigenvalue weighted by atomic mass is 10.0. The average Bonchev–Trinajstić information content (AvgIpc) is 2.81. The Kier molecular flexibility index (Phi) is 6.26. The Bertz CT molecular complexity index is 720. The summed E-state index contributed by atoms with van der Waals surface area (Å²) in [5.41, 5.74) is 9.99. The molecule has 1 heterocycles. The second-order valence-corrected chi connectivity index (χ2v) is 6.95. The molecule has 140 valence electrons. The van der Waals surface area contributed by atoms with Crippen molar-refractivity contribution in [3.8, 4) is 22.6 Å². The van der Waals surface area contributed by atoms with E-state index in [1.165, 1.54) is 44.2 Å². The van der Waals surface area contributed by atoms with Crippen molar-refractivity contribution in [1.29, 1.82) is 0 Å². The number of hydrogen-bond donors (Lipinski definition) is 1. The Labute approximate surface area is 156 Å². The minimum absolute atomic E-state index is 0.719. The van der Waals surface area contributed by atoms with Crippen LogP contribution < -0.4 is 20.1 Å². The third-order valence-electron chi connectivity index (χ3n) is 5.17. The van der Waals surface area contributed by atoms with Gasteiger partial charge >= 0.3 is 0 Å². The zero-order valence-electron chi connectivity index (χ0n) is 16.0. The lowest BCUT2D eigenvalue weighted by molar-refractivity contribution is 0.410. The number of nitrogens with two attached hydrogens (primary N) is 1. The van der Waals surface area contributed by atoms with Crippen LogP contribution in [0.3, 0.4) is 0 Å². The monoisotopic (exact) mass is 354 g/mol. The van der Waals surface area contributed by atoms with Gasteiger partial charge in [0.25, 0.3) is 0 Å². The molecule has 1 saturated heterocycles. The van der Waals surface area contributed by atoms with E-state index in [1.807, 2.05) is 18.2 Å². The molecule has 0 atom stereocenters. The summed E-state index contributed by atoms with van der Waals surface area (Å²) >= 11 is 0. The number of hydrogen-bond acceptors (Lipinski definition) is 4. The van der Waals surface area contributed by atoms with E-state index in [4.69, 9.17) is 15.2 Å². The first-order chi connectivity index (χ1) is 12.7.